The van der Waals surface area contributed by atoms with E-state index >= 15 is 0 Å². The number of likely N-dealkylation sites (tertiary alicyclic amines) is 1. The predicted octanol–water partition coefficient (Wildman–Crippen LogP) is 0.862. The van der Waals surface area contributed by atoms with E-state index in [0.717, 1.165) is 19.3 Å². The summed E-state index contributed by atoms with van der Waals surface area (Å²) in [7, 11) is 0. The molecule has 2 aliphatic rings. The highest BCUT2D eigenvalue weighted by Crippen LogP contribution is 2.40. The Morgan fingerprint density at radius 2 is 1.78 bits per heavy atom. The number of hydrogen-bond donors (Lipinski definition) is 2. The van der Waals surface area contributed by atoms with Crippen molar-refractivity contribution in [3.63, 3.8) is 0 Å². The summed E-state index contributed by atoms with van der Waals surface area (Å²) in [5, 5.41) is 18.3. The monoisotopic (exact) mass is 255 g/mol. The Balaban J connectivity index is 1.93. The van der Waals surface area contributed by atoms with Gasteiger partial charge >= 0.3 is 5.97 Å². The zero-order valence-electron chi connectivity index (χ0n) is 10.6. The number of carbonyl (C=O) groups excluding carboxylic acids is 1. The molecule has 1 aliphatic carbocycles. The molecule has 2 fully saturated rings. The number of rotatable bonds is 4. The smallest absolute Gasteiger partial charge is 0.310 e. The lowest BCUT2D eigenvalue weighted by molar-refractivity contribution is -0.158. The predicted molar refractivity (Wildman–Crippen MR) is 64.9 cm³/mol. The fraction of sp³-hybridized carbons (Fsp3) is 0.846. The SMILES string of the molecule is O=C(CC1(C(=O)O)CCCCC1)N1CC(CO)C1. The fourth-order valence-electron chi connectivity index (χ4n) is 2.99. The minimum Gasteiger partial charge on any atom is -0.481 e. The van der Waals surface area contributed by atoms with Gasteiger partial charge in [-0.15, -0.1) is 0 Å². The van der Waals surface area contributed by atoms with Gasteiger partial charge in [-0.3, -0.25) is 9.59 Å². The van der Waals surface area contributed by atoms with Gasteiger partial charge in [-0.1, -0.05) is 19.3 Å². The molecule has 0 radical (unpaired) electrons. The summed E-state index contributed by atoms with van der Waals surface area (Å²) < 4.78 is 0. The van der Waals surface area contributed by atoms with E-state index in [9.17, 15) is 14.7 Å². The lowest BCUT2D eigenvalue weighted by Gasteiger charge is -2.41. The van der Waals surface area contributed by atoms with Crippen molar-refractivity contribution in [1.82, 2.24) is 4.90 Å². The van der Waals surface area contributed by atoms with Gasteiger partial charge < -0.3 is 15.1 Å². The molecule has 1 heterocycles. The van der Waals surface area contributed by atoms with Crippen LogP contribution in [0.3, 0.4) is 0 Å². The first-order valence-corrected chi connectivity index (χ1v) is 6.69. The van der Waals surface area contributed by atoms with Crippen molar-refractivity contribution >= 4 is 11.9 Å². The number of nitrogens with zero attached hydrogens (tertiary/aromatic N) is 1. The van der Waals surface area contributed by atoms with E-state index in [0.29, 0.717) is 25.9 Å². The molecule has 18 heavy (non-hydrogen) atoms. The summed E-state index contributed by atoms with van der Waals surface area (Å²) in [6.45, 7) is 1.25. The van der Waals surface area contributed by atoms with Gasteiger partial charge in [0.2, 0.25) is 5.91 Å². The van der Waals surface area contributed by atoms with E-state index in [4.69, 9.17) is 5.11 Å². The number of aliphatic carboxylic acids is 1. The first-order chi connectivity index (χ1) is 8.57. The van der Waals surface area contributed by atoms with Crippen LogP contribution in [0, 0.1) is 11.3 Å². The Kier molecular flexibility index (Phi) is 3.90. The zero-order valence-corrected chi connectivity index (χ0v) is 10.6. The van der Waals surface area contributed by atoms with Crippen LogP contribution in [0.1, 0.15) is 38.5 Å². The van der Waals surface area contributed by atoms with Crippen LogP contribution >= 0.6 is 0 Å². The standard InChI is InChI=1S/C13H21NO4/c15-9-10-7-14(8-10)11(16)6-13(12(17)18)4-2-1-3-5-13/h10,15H,1-9H2,(H,17,18). The Labute approximate surface area is 107 Å². The first kappa shape index (κ1) is 13.3. The van der Waals surface area contributed by atoms with Gasteiger partial charge in [-0.2, -0.15) is 0 Å². The zero-order chi connectivity index (χ0) is 13.2. The fourth-order valence-corrected chi connectivity index (χ4v) is 2.99. The maximum Gasteiger partial charge on any atom is 0.310 e. The molecular weight excluding hydrogens is 234 g/mol. The number of carboxylic acids is 1. The van der Waals surface area contributed by atoms with E-state index in [-0.39, 0.29) is 24.9 Å². The Morgan fingerprint density at radius 1 is 1.17 bits per heavy atom. The topological polar surface area (TPSA) is 77.8 Å². The van der Waals surface area contributed by atoms with Crippen molar-refractivity contribution in [2.45, 2.75) is 38.5 Å². The summed E-state index contributed by atoms with van der Waals surface area (Å²) in [6, 6.07) is 0. The molecule has 1 aliphatic heterocycles. The molecule has 2 rings (SSSR count). The number of aliphatic hydroxyl groups excluding tert-OH is 1. The van der Waals surface area contributed by atoms with Crippen LogP contribution in [-0.4, -0.2) is 46.7 Å². The summed E-state index contributed by atoms with van der Waals surface area (Å²) >= 11 is 0. The minimum absolute atomic E-state index is 0.0657. The Hall–Kier alpha value is -1.10. The number of hydrogen-bond acceptors (Lipinski definition) is 3. The lowest BCUT2D eigenvalue weighted by Crippen LogP contribution is -2.53. The second-order valence-electron chi connectivity index (χ2n) is 5.67. The van der Waals surface area contributed by atoms with Crippen molar-refractivity contribution in [3.8, 4) is 0 Å². The van der Waals surface area contributed by atoms with E-state index in [1.54, 1.807) is 4.90 Å². The van der Waals surface area contributed by atoms with Gasteiger partial charge in [-0.05, 0) is 12.8 Å². The molecule has 0 aromatic heterocycles. The van der Waals surface area contributed by atoms with Crippen LogP contribution in [-0.2, 0) is 9.59 Å². The minimum atomic E-state index is -0.834. The molecule has 0 bridgehead atoms. The normalized spacial score (nSPS) is 23.5. The molecule has 5 nitrogen and oxygen atoms in total. The highest BCUT2D eigenvalue weighted by molar-refractivity contribution is 5.85. The number of carbonyl (C=O) groups is 2. The van der Waals surface area contributed by atoms with Gasteiger partial charge in [-0.25, -0.2) is 0 Å². The van der Waals surface area contributed by atoms with Gasteiger partial charge in [0, 0.05) is 32.0 Å². The first-order valence-electron chi connectivity index (χ1n) is 6.69. The molecule has 0 atom stereocenters. The second-order valence-corrected chi connectivity index (χ2v) is 5.67. The van der Waals surface area contributed by atoms with Crippen molar-refractivity contribution in [1.29, 1.82) is 0 Å². The number of aliphatic hydroxyl groups is 1. The molecular formula is C13H21NO4. The van der Waals surface area contributed by atoms with Crippen LogP contribution in [0.15, 0.2) is 0 Å². The lowest BCUT2D eigenvalue weighted by atomic mass is 9.71. The highest BCUT2D eigenvalue weighted by atomic mass is 16.4. The van der Waals surface area contributed by atoms with Gasteiger partial charge in [0.15, 0.2) is 0 Å². The van der Waals surface area contributed by atoms with Crippen LogP contribution in [0.5, 0.6) is 0 Å². The largest absolute Gasteiger partial charge is 0.481 e. The molecule has 0 unspecified atom stereocenters. The second kappa shape index (κ2) is 5.26. The van der Waals surface area contributed by atoms with Crippen molar-refractivity contribution in [2.24, 2.45) is 11.3 Å². The Bertz CT molecular complexity index is 330. The van der Waals surface area contributed by atoms with Crippen LogP contribution in [0.25, 0.3) is 0 Å². The van der Waals surface area contributed by atoms with E-state index in [1.165, 1.54) is 0 Å². The van der Waals surface area contributed by atoms with E-state index in [1.807, 2.05) is 0 Å². The maximum atomic E-state index is 12.0. The average Bonchev–Trinajstić information content (AvgIpc) is 2.28. The molecule has 102 valence electrons. The molecule has 2 N–H and O–H groups in total. The van der Waals surface area contributed by atoms with Crippen LogP contribution < -0.4 is 0 Å². The van der Waals surface area contributed by atoms with Crippen molar-refractivity contribution in [3.05, 3.63) is 0 Å². The molecule has 0 spiro atoms. The van der Waals surface area contributed by atoms with Gasteiger partial charge in [0.1, 0.15) is 0 Å². The average molecular weight is 255 g/mol. The molecule has 0 aromatic rings. The van der Waals surface area contributed by atoms with Crippen LogP contribution in [0.4, 0.5) is 0 Å². The quantitative estimate of drug-likeness (QED) is 0.781. The number of amides is 1. The Morgan fingerprint density at radius 3 is 2.28 bits per heavy atom. The third-order valence-electron chi connectivity index (χ3n) is 4.32. The third kappa shape index (κ3) is 2.51. The van der Waals surface area contributed by atoms with Gasteiger partial charge in [0.05, 0.1) is 5.41 Å². The van der Waals surface area contributed by atoms with E-state index < -0.39 is 11.4 Å². The third-order valence-corrected chi connectivity index (χ3v) is 4.32. The molecule has 1 amide bonds. The summed E-state index contributed by atoms with van der Waals surface area (Å²) in [5.41, 5.74) is -0.834. The van der Waals surface area contributed by atoms with Crippen molar-refractivity contribution in [2.75, 3.05) is 19.7 Å². The molecule has 0 aromatic carbocycles. The summed E-state index contributed by atoms with van der Waals surface area (Å²) in [4.78, 5) is 25.2. The summed E-state index contributed by atoms with van der Waals surface area (Å²) in [5.74, 6) is -0.708. The summed E-state index contributed by atoms with van der Waals surface area (Å²) in [6.07, 6.45) is 4.23. The maximum absolute atomic E-state index is 12.0. The van der Waals surface area contributed by atoms with Crippen LogP contribution in [0.2, 0.25) is 0 Å². The highest BCUT2D eigenvalue weighted by Gasteiger charge is 2.43. The number of carboxylic acid groups (broad SMARTS) is 1. The van der Waals surface area contributed by atoms with Crippen molar-refractivity contribution < 1.29 is 19.8 Å². The molecule has 1 saturated heterocycles. The molecule has 5 heteroatoms. The molecule has 1 saturated carbocycles. The van der Waals surface area contributed by atoms with E-state index in [2.05, 4.69) is 0 Å². The van der Waals surface area contributed by atoms with Gasteiger partial charge in [0.25, 0.3) is 0 Å².